The number of ether oxygens (including phenoxy) is 1. The molecule has 0 atom stereocenters. The lowest BCUT2D eigenvalue weighted by Gasteiger charge is -2.10. The molecule has 0 aliphatic carbocycles. The number of aromatic nitrogens is 1. The monoisotopic (exact) mass is 346 g/mol. The fourth-order valence-corrected chi connectivity index (χ4v) is 2.60. The van der Waals surface area contributed by atoms with Gasteiger partial charge in [-0.2, -0.15) is 0 Å². The number of carbonyl (C=O) groups excluding carboxylic acids is 1. The van der Waals surface area contributed by atoms with Crippen LogP contribution in [0.3, 0.4) is 0 Å². The summed E-state index contributed by atoms with van der Waals surface area (Å²) in [5, 5.41) is 2.90. The molecule has 4 nitrogen and oxygen atoms in total. The van der Waals surface area contributed by atoms with Crippen LogP contribution in [0.25, 0.3) is 0 Å². The molecule has 26 heavy (non-hydrogen) atoms. The quantitative estimate of drug-likeness (QED) is 0.681. The molecule has 0 aliphatic heterocycles. The molecule has 0 fully saturated rings. The van der Waals surface area contributed by atoms with Crippen molar-refractivity contribution in [2.24, 2.45) is 0 Å². The number of aryl methyl sites for hydroxylation is 3. The molecule has 0 bridgehead atoms. The molecule has 0 aliphatic rings. The number of nitrogens with zero attached hydrogens (tertiary/aromatic N) is 1. The summed E-state index contributed by atoms with van der Waals surface area (Å²) in [7, 11) is 0. The summed E-state index contributed by atoms with van der Waals surface area (Å²) >= 11 is 0. The minimum atomic E-state index is -0.162. The molecular weight excluding hydrogens is 324 g/mol. The van der Waals surface area contributed by atoms with Gasteiger partial charge in [0.15, 0.2) is 0 Å². The number of amides is 1. The summed E-state index contributed by atoms with van der Waals surface area (Å²) in [5.74, 6) is 1.34. The van der Waals surface area contributed by atoms with Gasteiger partial charge in [0, 0.05) is 11.4 Å². The summed E-state index contributed by atoms with van der Waals surface area (Å²) in [6, 6.07) is 18.9. The van der Waals surface area contributed by atoms with Gasteiger partial charge in [-0.05, 0) is 68.8 Å². The summed E-state index contributed by atoms with van der Waals surface area (Å²) in [6.45, 7) is 5.93. The first kappa shape index (κ1) is 17.7. The van der Waals surface area contributed by atoms with Gasteiger partial charge in [0.25, 0.3) is 5.91 Å². The molecule has 0 saturated heterocycles. The Morgan fingerprint density at radius 2 is 1.54 bits per heavy atom. The average Bonchev–Trinajstić information content (AvgIpc) is 2.65. The van der Waals surface area contributed by atoms with Crippen molar-refractivity contribution in [2.45, 2.75) is 27.2 Å². The van der Waals surface area contributed by atoms with Crippen molar-refractivity contribution < 1.29 is 9.53 Å². The minimum Gasteiger partial charge on any atom is -0.457 e. The van der Waals surface area contributed by atoms with E-state index in [1.165, 1.54) is 5.56 Å². The molecule has 3 rings (SSSR count). The zero-order valence-electron chi connectivity index (χ0n) is 15.2. The molecular formula is C22H22N2O2. The van der Waals surface area contributed by atoms with Gasteiger partial charge in [0.1, 0.15) is 11.5 Å². The highest BCUT2D eigenvalue weighted by molar-refractivity contribution is 6.05. The number of nitrogens with one attached hydrogen (secondary N) is 1. The molecule has 3 aromatic rings. The Hall–Kier alpha value is -3.14. The molecule has 0 spiro atoms. The van der Waals surface area contributed by atoms with Crippen molar-refractivity contribution in [3.8, 4) is 11.5 Å². The van der Waals surface area contributed by atoms with E-state index in [1.54, 1.807) is 0 Å². The van der Waals surface area contributed by atoms with Gasteiger partial charge >= 0.3 is 0 Å². The van der Waals surface area contributed by atoms with Crippen molar-refractivity contribution in [1.29, 1.82) is 0 Å². The smallest absolute Gasteiger partial charge is 0.257 e. The number of pyridine rings is 1. The lowest BCUT2D eigenvalue weighted by Crippen LogP contribution is -2.14. The molecule has 0 radical (unpaired) electrons. The summed E-state index contributed by atoms with van der Waals surface area (Å²) in [6.07, 6.45) is 0.852. The van der Waals surface area contributed by atoms with E-state index in [2.05, 4.69) is 10.3 Å². The van der Waals surface area contributed by atoms with Crippen LogP contribution in [0.2, 0.25) is 0 Å². The minimum absolute atomic E-state index is 0.162. The Labute approximate surface area is 153 Å². The Balaban J connectivity index is 1.67. The second-order valence-corrected chi connectivity index (χ2v) is 6.18. The van der Waals surface area contributed by atoms with Crippen molar-refractivity contribution >= 4 is 11.6 Å². The van der Waals surface area contributed by atoms with Crippen LogP contribution in [0.5, 0.6) is 11.5 Å². The predicted octanol–water partition coefficient (Wildman–Crippen LogP) is 5.31. The normalized spacial score (nSPS) is 10.4. The summed E-state index contributed by atoms with van der Waals surface area (Å²) < 4.78 is 5.80. The van der Waals surface area contributed by atoms with Crippen LogP contribution in [-0.2, 0) is 6.42 Å². The first-order chi connectivity index (χ1) is 12.5. The SMILES string of the molecule is CCc1ccc(C(=O)Nc2ccc(Oc3ccc(C)cc3)cc2)c(C)n1. The lowest BCUT2D eigenvalue weighted by atomic mass is 10.1. The van der Waals surface area contributed by atoms with Crippen molar-refractivity contribution in [2.75, 3.05) is 5.32 Å². The number of anilines is 1. The maximum Gasteiger partial charge on any atom is 0.257 e. The Morgan fingerprint density at radius 3 is 2.12 bits per heavy atom. The highest BCUT2D eigenvalue weighted by atomic mass is 16.5. The molecule has 132 valence electrons. The number of rotatable bonds is 5. The molecule has 0 unspecified atom stereocenters. The van der Waals surface area contributed by atoms with Gasteiger partial charge in [-0.15, -0.1) is 0 Å². The van der Waals surface area contributed by atoms with E-state index in [0.29, 0.717) is 11.3 Å². The van der Waals surface area contributed by atoms with E-state index in [0.717, 1.165) is 29.3 Å². The highest BCUT2D eigenvalue weighted by Gasteiger charge is 2.11. The highest BCUT2D eigenvalue weighted by Crippen LogP contribution is 2.23. The van der Waals surface area contributed by atoms with Gasteiger partial charge < -0.3 is 10.1 Å². The molecule has 1 amide bonds. The zero-order chi connectivity index (χ0) is 18.5. The van der Waals surface area contributed by atoms with Gasteiger partial charge in [-0.25, -0.2) is 0 Å². The van der Waals surface area contributed by atoms with E-state index in [4.69, 9.17) is 4.74 Å². The third kappa shape index (κ3) is 4.28. The number of hydrogen-bond donors (Lipinski definition) is 1. The number of hydrogen-bond acceptors (Lipinski definition) is 3. The van der Waals surface area contributed by atoms with Crippen LogP contribution in [-0.4, -0.2) is 10.9 Å². The number of benzene rings is 2. The van der Waals surface area contributed by atoms with Crippen LogP contribution in [0.1, 0.15) is 34.2 Å². The fourth-order valence-electron chi connectivity index (χ4n) is 2.60. The van der Waals surface area contributed by atoms with Crippen molar-refractivity contribution in [3.05, 3.63) is 83.2 Å². The van der Waals surface area contributed by atoms with Crippen LogP contribution in [0, 0.1) is 13.8 Å². The zero-order valence-corrected chi connectivity index (χ0v) is 15.2. The van der Waals surface area contributed by atoms with Crippen LogP contribution in [0.4, 0.5) is 5.69 Å². The molecule has 0 saturated carbocycles. The van der Waals surface area contributed by atoms with E-state index in [1.807, 2.05) is 81.4 Å². The van der Waals surface area contributed by atoms with Gasteiger partial charge in [-0.1, -0.05) is 24.6 Å². The summed E-state index contributed by atoms with van der Waals surface area (Å²) in [5.41, 5.74) is 4.21. The van der Waals surface area contributed by atoms with Crippen molar-refractivity contribution in [3.63, 3.8) is 0 Å². The van der Waals surface area contributed by atoms with E-state index in [9.17, 15) is 4.79 Å². The third-order valence-corrected chi connectivity index (χ3v) is 4.12. The number of carbonyl (C=O) groups is 1. The first-order valence-corrected chi connectivity index (χ1v) is 8.67. The third-order valence-electron chi connectivity index (χ3n) is 4.12. The van der Waals surface area contributed by atoms with Crippen molar-refractivity contribution in [1.82, 2.24) is 4.98 Å². The Kier molecular flexibility index (Phi) is 5.32. The van der Waals surface area contributed by atoms with Crippen LogP contribution in [0.15, 0.2) is 60.7 Å². The molecule has 1 aromatic heterocycles. The fraction of sp³-hybridized carbons (Fsp3) is 0.182. The molecule has 1 N–H and O–H groups in total. The second kappa shape index (κ2) is 7.83. The van der Waals surface area contributed by atoms with Gasteiger partial charge in [-0.3, -0.25) is 9.78 Å². The van der Waals surface area contributed by atoms with E-state index < -0.39 is 0 Å². The molecule has 1 heterocycles. The Bertz CT molecular complexity index is 900. The maximum absolute atomic E-state index is 12.5. The van der Waals surface area contributed by atoms with Gasteiger partial charge in [0.05, 0.1) is 11.3 Å². The molecule has 2 aromatic carbocycles. The Morgan fingerprint density at radius 1 is 0.923 bits per heavy atom. The molecule has 4 heteroatoms. The largest absolute Gasteiger partial charge is 0.457 e. The van der Waals surface area contributed by atoms with E-state index >= 15 is 0 Å². The lowest BCUT2D eigenvalue weighted by molar-refractivity contribution is 0.102. The standard InChI is InChI=1S/C22H22N2O2/c1-4-17-9-14-21(16(3)23-17)22(25)24-18-7-12-20(13-8-18)26-19-10-5-15(2)6-11-19/h5-14H,4H2,1-3H3,(H,24,25). The average molecular weight is 346 g/mol. The first-order valence-electron chi connectivity index (χ1n) is 8.67. The van der Waals surface area contributed by atoms with E-state index in [-0.39, 0.29) is 5.91 Å². The van der Waals surface area contributed by atoms with Crippen LogP contribution < -0.4 is 10.1 Å². The second-order valence-electron chi connectivity index (χ2n) is 6.18. The summed E-state index contributed by atoms with van der Waals surface area (Å²) in [4.78, 5) is 16.9. The predicted molar refractivity (Wildman–Crippen MR) is 104 cm³/mol. The van der Waals surface area contributed by atoms with Gasteiger partial charge in [0.2, 0.25) is 0 Å². The maximum atomic E-state index is 12.5. The van der Waals surface area contributed by atoms with Crippen LogP contribution >= 0.6 is 0 Å². The topological polar surface area (TPSA) is 51.2 Å².